The lowest BCUT2D eigenvalue weighted by molar-refractivity contribution is 0.101. The molecule has 0 atom stereocenters. The minimum Gasteiger partial charge on any atom is -0.295 e. The van der Waals surface area contributed by atoms with Gasteiger partial charge in [-0.3, -0.25) is 9.52 Å². The molecule has 0 unspecified atom stereocenters. The zero-order valence-electron chi connectivity index (χ0n) is 10.9. The Morgan fingerprint density at radius 2 is 1.62 bits per heavy atom. The Labute approximate surface area is 120 Å². The lowest BCUT2D eigenvalue weighted by Gasteiger charge is -2.08. The number of sulfonamides is 1. The summed E-state index contributed by atoms with van der Waals surface area (Å²) in [6.07, 6.45) is 0. The minimum atomic E-state index is -4.03. The highest BCUT2D eigenvalue weighted by molar-refractivity contribution is 7.92. The van der Waals surface area contributed by atoms with E-state index in [2.05, 4.69) is 4.72 Å². The zero-order valence-corrected chi connectivity index (χ0v) is 11.7. The second kappa shape index (κ2) is 5.61. The molecule has 0 bridgehead atoms. The van der Waals surface area contributed by atoms with Crippen molar-refractivity contribution in [1.29, 1.82) is 0 Å². The van der Waals surface area contributed by atoms with Crippen LogP contribution in [0.3, 0.4) is 0 Å². The van der Waals surface area contributed by atoms with E-state index < -0.39 is 26.6 Å². The molecule has 0 aliphatic rings. The Kier molecular flexibility index (Phi) is 4.04. The van der Waals surface area contributed by atoms with Crippen LogP contribution >= 0.6 is 0 Å². The molecule has 7 heteroatoms. The van der Waals surface area contributed by atoms with E-state index in [1.165, 1.54) is 31.2 Å². The molecule has 0 saturated carbocycles. The first-order valence-electron chi connectivity index (χ1n) is 5.88. The van der Waals surface area contributed by atoms with Gasteiger partial charge in [-0.2, -0.15) is 0 Å². The van der Waals surface area contributed by atoms with Gasteiger partial charge in [0.1, 0.15) is 0 Å². The molecular weight excluding hydrogens is 300 g/mol. The van der Waals surface area contributed by atoms with E-state index in [9.17, 15) is 22.0 Å². The maximum absolute atomic E-state index is 13.1. The number of rotatable bonds is 4. The molecule has 2 aromatic carbocycles. The van der Waals surface area contributed by atoms with Gasteiger partial charge in [-0.15, -0.1) is 0 Å². The summed E-state index contributed by atoms with van der Waals surface area (Å²) in [6.45, 7) is 1.39. The molecule has 0 radical (unpaired) electrons. The highest BCUT2D eigenvalue weighted by atomic mass is 32.2. The van der Waals surface area contributed by atoms with E-state index in [4.69, 9.17) is 0 Å². The third-order valence-electron chi connectivity index (χ3n) is 2.75. The predicted octanol–water partition coefficient (Wildman–Crippen LogP) is 2.97. The highest BCUT2D eigenvalue weighted by Crippen LogP contribution is 2.18. The number of anilines is 1. The molecule has 2 aromatic rings. The number of hydrogen-bond acceptors (Lipinski definition) is 3. The van der Waals surface area contributed by atoms with Crippen molar-refractivity contribution >= 4 is 21.5 Å². The Bertz CT molecular complexity index is 786. The first-order valence-corrected chi connectivity index (χ1v) is 7.37. The van der Waals surface area contributed by atoms with Crippen molar-refractivity contribution in [2.24, 2.45) is 0 Å². The van der Waals surface area contributed by atoms with Crippen molar-refractivity contribution < 1.29 is 22.0 Å². The smallest absolute Gasteiger partial charge is 0.261 e. The molecule has 21 heavy (non-hydrogen) atoms. The summed E-state index contributed by atoms with van der Waals surface area (Å²) in [4.78, 5) is 10.7. The van der Waals surface area contributed by atoms with Crippen molar-refractivity contribution in [3.05, 3.63) is 59.7 Å². The number of carbonyl (C=O) groups is 1. The Morgan fingerprint density at radius 3 is 2.14 bits per heavy atom. The van der Waals surface area contributed by atoms with Crippen LogP contribution in [0.5, 0.6) is 0 Å². The van der Waals surface area contributed by atoms with Crippen molar-refractivity contribution in [1.82, 2.24) is 0 Å². The Hall–Kier alpha value is -2.28. The highest BCUT2D eigenvalue weighted by Gasteiger charge is 2.16. The van der Waals surface area contributed by atoms with E-state index in [1.807, 2.05) is 0 Å². The van der Waals surface area contributed by atoms with Gasteiger partial charge in [0.2, 0.25) is 0 Å². The third-order valence-corrected chi connectivity index (χ3v) is 4.12. The van der Waals surface area contributed by atoms with Crippen LogP contribution in [0, 0.1) is 11.6 Å². The molecule has 0 amide bonds. The van der Waals surface area contributed by atoms with Gasteiger partial charge < -0.3 is 0 Å². The van der Waals surface area contributed by atoms with Crippen LogP contribution in [-0.2, 0) is 10.0 Å². The molecule has 0 saturated heterocycles. The number of Topliss-reactive ketones (excluding diaryl/α,β-unsaturated/α-hetero) is 1. The van der Waals surface area contributed by atoms with Crippen LogP contribution in [0.15, 0.2) is 47.4 Å². The number of halogens is 2. The van der Waals surface area contributed by atoms with Crippen molar-refractivity contribution in [2.45, 2.75) is 11.8 Å². The van der Waals surface area contributed by atoms with Crippen LogP contribution in [-0.4, -0.2) is 14.2 Å². The lowest BCUT2D eigenvalue weighted by Crippen LogP contribution is -2.13. The second-order valence-corrected chi connectivity index (χ2v) is 6.00. The van der Waals surface area contributed by atoms with Gasteiger partial charge in [-0.1, -0.05) is 0 Å². The Morgan fingerprint density at radius 1 is 1.00 bits per heavy atom. The van der Waals surface area contributed by atoms with Gasteiger partial charge in [0.25, 0.3) is 10.0 Å². The number of hydrogen-bond donors (Lipinski definition) is 1. The van der Waals surface area contributed by atoms with Crippen LogP contribution < -0.4 is 4.72 Å². The van der Waals surface area contributed by atoms with Crippen LogP contribution in [0.4, 0.5) is 14.5 Å². The molecule has 0 fully saturated rings. The first kappa shape index (κ1) is 15.1. The van der Waals surface area contributed by atoms with E-state index >= 15 is 0 Å². The third kappa shape index (κ3) is 3.43. The summed E-state index contributed by atoms with van der Waals surface area (Å²) < 4.78 is 52.1. The van der Waals surface area contributed by atoms with Crippen LogP contribution in [0.2, 0.25) is 0 Å². The van der Waals surface area contributed by atoms with Gasteiger partial charge in [0.15, 0.2) is 17.4 Å². The fourth-order valence-electron chi connectivity index (χ4n) is 1.63. The summed E-state index contributed by atoms with van der Waals surface area (Å²) in [5, 5.41) is 0. The van der Waals surface area contributed by atoms with E-state index in [0.29, 0.717) is 11.6 Å². The van der Waals surface area contributed by atoms with E-state index in [1.54, 1.807) is 0 Å². The average Bonchev–Trinajstić information content (AvgIpc) is 2.42. The maximum Gasteiger partial charge on any atom is 0.261 e. The summed E-state index contributed by atoms with van der Waals surface area (Å²) in [6, 6.07) is 8.05. The number of ketones is 1. The van der Waals surface area contributed by atoms with Crippen LogP contribution in [0.1, 0.15) is 17.3 Å². The molecule has 2 rings (SSSR count). The molecular formula is C14H11F2NO3S. The molecule has 4 nitrogen and oxygen atoms in total. The molecule has 0 aromatic heterocycles. The number of benzene rings is 2. The largest absolute Gasteiger partial charge is 0.295 e. The number of carbonyl (C=O) groups excluding carboxylic acids is 1. The fourth-order valence-corrected chi connectivity index (χ4v) is 2.70. The molecule has 0 heterocycles. The minimum absolute atomic E-state index is 0.148. The van der Waals surface area contributed by atoms with E-state index in [-0.39, 0.29) is 11.5 Å². The van der Waals surface area contributed by atoms with Gasteiger partial charge in [0, 0.05) is 11.3 Å². The summed E-state index contributed by atoms with van der Waals surface area (Å²) in [7, 11) is -4.03. The monoisotopic (exact) mass is 311 g/mol. The van der Waals surface area contributed by atoms with Gasteiger partial charge in [-0.05, 0) is 49.4 Å². The lowest BCUT2D eigenvalue weighted by atomic mass is 10.1. The van der Waals surface area contributed by atoms with Crippen molar-refractivity contribution in [2.75, 3.05) is 4.72 Å². The zero-order chi connectivity index (χ0) is 15.6. The molecule has 0 aliphatic heterocycles. The topological polar surface area (TPSA) is 63.2 Å². The second-order valence-electron chi connectivity index (χ2n) is 4.31. The molecule has 0 spiro atoms. The predicted molar refractivity (Wildman–Crippen MR) is 73.6 cm³/mol. The first-order chi connectivity index (χ1) is 9.79. The van der Waals surface area contributed by atoms with Crippen LogP contribution in [0.25, 0.3) is 0 Å². The van der Waals surface area contributed by atoms with Crippen molar-refractivity contribution in [3.63, 3.8) is 0 Å². The summed E-state index contributed by atoms with van der Waals surface area (Å²) in [5.41, 5.74) is 0.649. The van der Waals surface area contributed by atoms with Gasteiger partial charge in [-0.25, -0.2) is 17.2 Å². The SMILES string of the molecule is CC(=O)c1ccc(NS(=O)(=O)c2ccc(F)c(F)c2)cc1. The summed E-state index contributed by atoms with van der Waals surface area (Å²) >= 11 is 0. The molecule has 110 valence electrons. The molecule has 1 N–H and O–H groups in total. The van der Waals surface area contributed by atoms with Gasteiger partial charge >= 0.3 is 0 Å². The molecule has 0 aliphatic carbocycles. The normalized spacial score (nSPS) is 11.2. The standard InChI is InChI=1S/C14H11F2NO3S/c1-9(18)10-2-4-11(5-3-10)17-21(19,20)12-6-7-13(15)14(16)8-12/h2-8,17H,1H3. The quantitative estimate of drug-likeness (QED) is 0.883. The Balaban J connectivity index is 2.28. The van der Waals surface area contributed by atoms with E-state index in [0.717, 1.165) is 12.1 Å². The van der Waals surface area contributed by atoms with Gasteiger partial charge in [0.05, 0.1) is 4.90 Å². The number of nitrogens with one attached hydrogen (secondary N) is 1. The van der Waals surface area contributed by atoms with Crippen molar-refractivity contribution in [3.8, 4) is 0 Å². The summed E-state index contributed by atoms with van der Waals surface area (Å²) in [5.74, 6) is -2.52. The fraction of sp³-hybridized carbons (Fsp3) is 0.0714. The average molecular weight is 311 g/mol. The maximum atomic E-state index is 13.1.